The van der Waals surface area contributed by atoms with E-state index in [0.29, 0.717) is 5.52 Å². The van der Waals surface area contributed by atoms with Crippen LogP contribution in [0.25, 0.3) is 10.9 Å². The predicted octanol–water partition coefficient (Wildman–Crippen LogP) is 1.38. The summed E-state index contributed by atoms with van der Waals surface area (Å²) in [7, 11) is 0. The Morgan fingerprint density at radius 1 is 1.20 bits per heavy atom. The normalized spacial score (nSPS) is 10.4. The van der Waals surface area contributed by atoms with Crippen LogP contribution in [0, 0.1) is 20.2 Å². The number of H-pyrrole nitrogens is 1. The second kappa shape index (κ2) is 3.01. The van der Waals surface area contributed by atoms with Crippen molar-refractivity contribution in [1.29, 1.82) is 0 Å². The van der Waals surface area contributed by atoms with Gasteiger partial charge in [0.15, 0.2) is 0 Å². The highest BCUT2D eigenvalue weighted by Crippen LogP contribution is 2.26. The van der Waals surface area contributed by atoms with Crippen molar-refractivity contribution in [3.05, 3.63) is 38.4 Å². The SMILES string of the molecule is O=[N+]([O-])c1ccc2n[nH]c([N+](=O)[O-])c2c1. The Morgan fingerprint density at radius 2 is 1.93 bits per heavy atom. The van der Waals surface area contributed by atoms with Crippen LogP contribution in [0.15, 0.2) is 18.2 Å². The van der Waals surface area contributed by atoms with Crippen molar-refractivity contribution in [3.8, 4) is 0 Å². The number of aromatic nitrogens is 2. The van der Waals surface area contributed by atoms with Gasteiger partial charge >= 0.3 is 5.82 Å². The zero-order valence-corrected chi connectivity index (χ0v) is 7.21. The molecule has 0 atom stereocenters. The molecule has 0 aliphatic heterocycles. The summed E-state index contributed by atoms with van der Waals surface area (Å²) >= 11 is 0. The maximum absolute atomic E-state index is 10.5. The molecule has 1 N–H and O–H groups in total. The summed E-state index contributed by atoms with van der Waals surface area (Å²) in [5.74, 6) is -0.339. The van der Waals surface area contributed by atoms with Gasteiger partial charge in [-0.1, -0.05) is 5.10 Å². The minimum atomic E-state index is -0.668. The Labute approximate surface area is 81.8 Å². The van der Waals surface area contributed by atoms with E-state index in [1.54, 1.807) is 0 Å². The first-order valence-corrected chi connectivity index (χ1v) is 3.86. The van der Waals surface area contributed by atoms with Gasteiger partial charge in [-0.3, -0.25) is 10.1 Å². The maximum atomic E-state index is 10.5. The summed E-state index contributed by atoms with van der Waals surface area (Å²) in [6.07, 6.45) is 0. The average Bonchev–Trinajstić information content (AvgIpc) is 2.59. The van der Waals surface area contributed by atoms with Crippen LogP contribution in [0.1, 0.15) is 0 Å². The van der Waals surface area contributed by atoms with E-state index in [9.17, 15) is 20.2 Å². The maximum Gasteiger partial charge on any atom is 0.350 e. The van der Waals surface area contributed by atoms with Gasteiger partial charge in [0, 0.05) is 12.1 Å². The molecule has 0 saturated heterocycles. The lowest BCUT2D eigenvalue weighted by molar-refractivity contribution is -0.388. The summed E-state index contributed by atoms with van der Waals surface area (Å²) in [6.45, 7) is 0. The summed E-state index contributed by atoms with van der Waals surface area (Å²) in [5.41, 5.74) is 0.124. The van der Waals surface area contributed by atoms with E-state index in [0.717, 1.165) is 6.07 Å². The molecule has 1 aromatic heterocycles. The number of nitro groups is 2. The van der Waals surface area contributed by atoms with E-state index in [4.69, 9.17) is 0 Å². The number of hydrogen-bond acceptors (Lipinski definition) is 5. The van der Waals surface area contributed by atoms with Crippen LogP contribution < -0.4 is 0 Å². The quantitative estimate of drug-likeness (QED) is 0.591. The molecule has 0 fully saturated rings. The molecule has 0 spiro atoms. The van der Waals surface area contributed by atoms with Gasteiger partial charge in [0.1, 0.15) is 10.9 Å². The zero-order valence-electron chi connectivity index (χ0n) is 7.21. The first-order chi connectivity index (χ1) is 7.09. The van der Waals surface area contributed by atoms with Crippen LogP contribution in [0.2, 0.25) is 0 Å². The first kappa shape index (κ1) is 9.06. The lowest BCUT2D eigenvalue weighted by Crippen LogP contribution is -1.89. The van der Waals surface area contributed by atoms with Gasteiger partial charge in [0.25, 0.3) is 5.69 Å². The third-order valence-corrected chi connectivity index (χ3v) is 1.91. The Bertz CT molecular complexity index is 561. The molecule has 8 heteroatoms. The van der Waals surface area contributed by atoms with Crippen molar-refractivity contribution >= 4 is 22.4 Å². The van der Waals surface area contributed by atoms with Crippen LogP contribution in [-0.2, 0) is 0 Å². The van der Waals surface area contributed by atoms with Crippen molar-refractivity contribution in [2.45, 2.75) is 0 Å². The standard InChI is InChI=1S/C7H4N4O4/c12-10(13)4-1-2-6-5(3-4)7(9-8-6)11(14)15/h1-3H,(H,8,9). The zero-order chi connectivity index (χ0) is 11.0. The first-order valence-electron chi connectivity index (χ1n) is 3.86. The minimum absolute atomic E-state index is 0.134. The van der Waals surface area contributed by atoms with Gasteiger partial charge in [0.2, 0.25) is 0 Å². The molecule has 1 heterocycles. The Kier molecular flexibility index (Phi) is 1.82. The van der Waals surface area contributed by atoms with Gasteiger partial charge in [-0.15, -0.1) is 5.10 Å². The van der Waals surface area contributed by atoms with Crippen LogP contribution in [0.3, 0.4) is 0 Å². The number of nitro benzene ring substituents is 1. The van der Waals surface area contributed by atoms with Gasteiger partial charge in [-0.05, 0) is 11.0 Å². The lowest BCUT2D eigenvalue weighted by Gasteiger charge is -1.91. The van der Waals surface area contributed by atoms with Crippen LogP contribution >= 0.6 is 0 Å². The van der Waals surface area contributed by atoms with Crippen molar-refractivity contribution in [3.63, 3.8) is 0 Å². The second-order valence-electron chi connectivity index (χ2n) is 2.79. The molecule has 0 bridgehead atoms. The van der Waals surface area contributed by atoms with E-state index < -0.39 is 9.85 Å². The van der Waals surface area contributed by atoms with Gasteiger partial charge < -0.3 is 10.1 Å². The number of nitrogens with one attached hydrogen (secondary N) is 1. The van der Waals surface area contributed by atoms with Crippen molar-refractivity contribution in [1.82, 2.24) is 10.2 Å². The van der Waals surface area contributed by atoms with Crippen LogP contribution in [-0.4, -0.2) is 20.0 Å². The number of hydrogen-bond donors (Lipinski definition) is 1. The minimum Gasteiger partial charge on any atom is -0.358 e. The Hall–Kier alpha value is -2.51. The molecule has 0 amide bonds. The van der Waals surface area contributed by atoms with Gasteiger partial charge in [-0.25, -0.2) is 0 Å². The van der Waals surface area contributed by atoms with E-state index in [1.165, 1.54) is 12.1 Å². The molecular formula is C7H4N4O4. The molecule has 15 heavy (non-hydrogen) atoms. The topological polar surface area (TPSA) is 115 Å². The smallest absolute Gasteiger partial charge is 0.350 e. The van der Waals surface area contributed by atoms with Gasteiger partial charge in [0.05, 0.1) is 4.92 Å². The van der Waals surface area contributed by atoms with E-state index in [1.807, 2.05) is 0 Å². The van der Waals surface area contributed by atoms with E-state index in [2.05, 4.69) is 10.2 Å². The molecule has 8 nitrogen and oxygen atoms in total. The third kappa shape index (κ3) is 1.37. The molecule has 0 radical (unpaired) electrons. The van der Waals surface area contributed by atoms with Crippen molar-refractivity contribution in [2.24, 2.45) is 0 Å². The highest BCUT2D eigenvalue weighted by Gasteiger charge is 2.17. The van der Waals surface area contributed by atoms with Gasteiger partial charge in [-0.2, -0.15) is 0 Å². The molecule has 2 aromatic rings. The number of non-ortho nitro benzene ring substituents is 1. The molecule has 0 aliphatic carbocycles. The summed E-state index contributed by atoms with van der Waals surface area (Å²) in [5, 5.41) is 27.0. The lowest BCUT2D eigenvalue weighted by atomic mass is 10.2. The predicted molar refractivity (Wildman–Crippen MR) is 49.4 cm³/mol. The second-order valence-corrected chi connectivity index (χ2v) is 2.79. The highest BCUT2D eigenvalue weighted by molar-refractivity contribution is 5.88. The third-order valence-electron chi connectivity index (χ3n) is 1.91. The number of nitrogens with zero attached hydrogens (tertiary/aromatic N) is 3. The summed E-state index contributed by atoms with van der Waals surface area (Å²) in [4.78, 5) is 19.7. The van der Waals surface area contributed by atoms with E-state index >= 15 is 0 Å². The largest absolute Gasteiger partial charge is 0.358 e. The molecule has 2 rings (SSSR count). The fourth-order valence-corrected chi connectivity index (χ4v) is 1.24. The average molecular weight is 208 g/mol. The molecular weight excluding hydrogens is 204 g/mol. The Balaban J connectivity index is 2.72. The highest BCUT2D eigenvalue weighted by atomic mass is 16.6. The van der Waals surface area contributed by atoms with Crippen molar-refractivity contribution in [2.75, 3.05) is 0 Å². The number of aromatic amines is 1. The molecule has 1 aromatic carbocycles. The van der Waals surface area contributed by atoms with Crippen LogP contribution in [0.5, 0.6) is 0 Å². The number of benzene rings is 1. The van der Waals surface area contributed by atoms with Crippen LogP contribution in [0.4, 0.5) is 11.5 Å². The van der Waals surface area contributed by atoms with E-state index in [-0.39, 0.29) is 16.9 Å². The summed E-state index contributed by atoms with van der Waals surface area (Å²) in [6, 6.07) is 3.72. The molecule has 0 aliphatic rings. The number of fused-ring (bicyclic) bond motifs is 1. The monoisotopic (exact) mass is 208 g/mol. The fraction of sp³-hybridized carbons (Fsp3) is 0. The molecule has 0 unspecified atom stereocenters. The fourth-order valence-electron chi connectivity index (χ4n) is 1.24. The number of rotatable bonds is 2. The molecule has 0 saturated carbocycles. The van der Waals surface area contributed by atoms with Crippen molar-refractivity contribution < 1.29 is 9.85 Å². The Morgan fingerprint density at radius 3 is 2.53 bits per heavy atom. The molecule has 76 valence electrons. The summed E-state index contributed by atoms with van der Waals surface area (Å²) < 4.78 is 0.